The molecule has 0 bridgehead atoms. The molecule has 0 aliphatic carbocycles. The molecule has 17 heavy (non-hydrogen) atoms. The lowest BCUT2D eigenvalue weighted by atomic mass is 9.99. The molecule has 0 spiro atoms. The van der Waals surface area contributed by atoms with Crippen LogP contribution in [0.15, 0.2) is 21.1 Å². The zero-order chi connectivity index (χ0) is 12.6. The van der Waals surface area contributed by atoms with Gasteiger partial charge in [0.1, 0.15) is 0 Å². The van der Waals surface area contributed by atoms with E-state index in [0.717, 1.165) is 27.4 Å². The number of hydrogen-bond acceptors (Lipinski definition) is 2. The van der Waals surface area contributed by atoms with Crippen molar-refractivity contribution in [3.05, 3.63) is 32.2 Å². The first-order chi connectivity index (χ1) is 7.99. The van der Waals surface area contributed by atoms with Crippen LogP contribution in [-0.4, -0.2) is 12.2 Å². The van der Waals surface area contributed by atoms with Crippen LogP contribution >= 0.6 is 31.9 Å². The lowest BCUT2D eigenvalue weighted by Gasteiger charge is -2.21. The molecule has 1 saturated heterocycles. The molecule has 1 aromatic carbocycles. The Morgan fingerprint density at radius 3 is 2.59 bits per heavy atom. The summed E-state index contributed by atoms with van der Waals surface area (Å²) in [4.78, 5) is 0. The Hall–Kier alpha value is 0.1000. The molecule has 3 atom stereocenters. The standard InChI is InChI=1S/C13H17Br2NO/c1-7-5-11(15)9(6-10(7)14)13(16)12-4-3-8(2)17-12/h5-6,8,12-13H,3-4,16H2,1-2H3. The first-order valence-electron chi connectivity index (χ1n) is 5.85. The van der Waals surface area contributed by atoms with Crippen molar-refractivity contribution >= 4 is 31.9 Å². The van der Waals surface area contributed by atoms with Crippen molar-refractivity contribution in [2.45, 2.75) is 44.9 Å². The zero-order valence-electron chi connectivity index (χ0n) is 10.0. The molecule has 2 rings (SSSR count). The highest BCUT2D eigenvalue weighted by Crippen LogP contribution is 2.34. The fourth-order valence-corrected chi connectivity index (χ4v) is 3.30. The molecule has 0 amide bonds. The van der Waals surface area contributed by atoms with Crippen molar-refractivity contribution in [2.24, 2.45) is 5.73 Å². The fourth-order valence-electron chi connectivity index (χ4n) is 2.22. The summed E-state index contributed by atoms with van der Waals surface area (Å²) in [5.41, 5.74) is 8.62. The van der Waals surface area contributed by atoms with Crippen molar-refractivity contribution in [2.75, 3.05) is 0 Å². The van der Waals surface area contributed by atoms with E-state index in [1.807, 2.05) is 0 Å². The van der Waals surface area contributed by atoms with Crippen LogP contribution in [-0.2, 0) is 4.74 Å². The van der Waals surface area contributed by atoms with Crippen molar-refractivity contribution in [1.82, 2.24) is 0 Å². The summed E-state index contributed by atoms with van der Waals surface area (Å²) in [5.74, 6) is 0. The van der Waals surface area contributed by atoms with Crippen LogP contribution in [0, 0.1) is 6.92 Å². The molecule has 0 aromatic heterocycles. The van der Waals surface area contributed by atoms with Gasteiger partial charge in [0.15, 0.2) is 0 Å². The van der Waals surface area contributed by atoms with Crippen LogP contribution in [0.25, 0.3) is 0 Å². The van der Waals surface area contributed by atoms with E-state index in [-0.39, 0.29) is 12.1 Å². The quantitative estimate of drug-likeness (QED) is 0.859. The minimum absolute atomic E-state index is 0.0637. The lowest BCUT2D eigenvalue weighted by molar-refractivity contribution is 0.0400. The summed E-state index contributed by atoms with van der Waals surface area (Å²) in [7, 11) is 0. The summed E-state index contributed by atoms with van der Waals surface area (Å²) in [6, 6.07) is 4.12. The van der Waals surface area contributed by atoms with Gasteiger partial charge in [-0.1, -0.05) is 31.9 Å². The average Bonchev–Trinajstić information content (AvgIpc) is 2.69. The molecule has 2 nitrogen and oxygen atoms in total. The summed E-state index contributed by atoms with van der Waals surface area (Å²) < 4.78 is 8.00. The smallest absolute Gasteiger partial charge is 0.0772 e. The van der Waals surface area contributed by atoms with Crippen LogP contribution in [0.4, 0.5) is 0 Å². The number of rotatable bonds is 2. The Labute approximate surface area is 119 Å². The molecule has 1 aliphatic heterocycles. The lowest BCUT2D eigenvalue weighted by Crippen LogP contribution is -2.26. The minimum Gasteiger partial charge on any atom is -0.373 e. The predicted octanol–water partition coefficient (Wildman–Crippen LogP) is 4.09. The Kier molecular flexibility index (Phi) is 4.29. The highest BCUT2D eigenvalue weighted by Gasteiger charge is 2.29. The van der Waals surface area contributed by atoms with Gasteiger partial charge in [-0.25, -0.2) is 0 Å². The molecule has 1 aliphatic rings. The van der Waals surface area contributed by atoms with Gasteiger partial charge in [-0.3, -0.25) is 0 Å². The molecule has 1 aromatic rings. The second-order valence-corrected chi connectivity index (χ2v) is 6.42. The van der Waals surface area contributed by atoms with Crippen molar-refractivity contribution in [1.29, 1.82) is 0 Å². The molecule has 1 fully saturated rings. The van der Waals surface area contributed by atoms with Crippen LogP contribution in [0.3, 0.4) is 0 Å². The minimum atomic E-state index is -0.0637. The molecule has 4 heteroatoms. The maximum absolute atomic E-state index is 6.31. The third-order valence-electron chi connectivity index (χ3n) is 3.30. The van der Waals surface area contributed by atoms with Crippen LogP contribution in [0.5, 0.6) is 0 Å². The molecule has 94 valence electrons. The summed E-state index contributed by atoms with van der Waals surface area (Å²) >= 11 is 7.14. The van der Waals surface area contributed by atoms with Gasteiger partial charge >= 0.3 is 0 Å². The van der Waals surface area contributed by atoms with E-state index >= 15 is 0 Å². The van der Waals surface area contributed by atoms with E-state index in [2.05, 4.69) is 57.8 Å². The monoisotopic (exact) mass is 361 g/mol. The number of aryl methyl sites for hydroxylation is 1. The molecule has 1 heterocycles. The van der Waals surface area contributed by atoms with Crippen molar-refractivity contribution in [3.63, 3.8) is 0 Å². The van der Waals surface area contributed by atoms with Gasteiger partial charge in [0.05, 0.1) is 18.2 Å². The van der Waals surface area contributed by atoms with E-state index < -0.39 is 0 Å². The fraction of sp³-hybridized carbons (Fsp3) is 0.538. The van der Waals surface area contributed by atoms with Gasteiger partial charge < -0.3 is 10.5 Å². The largest absolute Gasteiger partial charge is 0.373 e. The SMILES string of the molecule is Cc1cc(Br)c(C(N)C2CCC(C)O2)cc1Br. The second-order valence-electron chi connectivity index (χ2n) is 4.71. The van der Waals surface area contributed by atoms with Crippen LogP contribution < -0.4 is 5.73 Å². The van der Waals surface area contributed by atoms with Gasteiger partial charge in [-0.05, 0) is 49.9 Å². The topological polar surface area (TPSA) is 35.2 Å². The number of ether oxygens (including phenoxy) is 1. The van der Waals surface area contributed by atoms with Gasteiger partial charge in [0, 0.05) is 8.95 Å². The summed E-state index contributed by atoms with van der Waals surface area (Å²) in [6.45, 7) is 4.17. The van der Waals surface area contributed by atoms with E-state index in [1.165, 1.54) is 5.56 Å². The molecular weight excluding hydrogens is 346 g/mol. The Balaban J connectivity index is 2.24. The maximum atomic E-state index is 6.31. The van der Waals surface area contributed by atoms with E-state index in [9.17, 15) is 0 Å². The van der Waals surface area contributed by atoms with Gasteiger partial charge in [0.2, 0.25) is 0 Å². The third-order valence-corrected chi connectivity index (χ3v) is 4.84. The second kappa shape index (κ2) is 5.39. The first kappa shape index (κ1) is 13.5. The average molecular weight is 363 g/mol. The van der Waals surface area contributed by atoms with E-state index in [4.69, 9.17) is 10.5 Å². The van der Waals surface area contributed by atoms with Crippen LogP contribution in [0.2, 0.25) is 0 Å². The Morgan fingerprint density at radius 1 is 1.29 bits per heavy atom. The third kappa shape index (κ3) is 2.92. The highest BCUT2D eigenvalue weighted by molar-refractivity contribution is 9.11. The van der Waals surface area contributed by atoms with Gasteiger partial charge in [-0.15, -0.1) is 0 Å². The number of nitrogens with two attached hydrogens (primary N) is 1. The van der Waals surface area contributed by atoms with Crippen molar-refractivity contribution in [3.8, 4) is 0 Å². The molecule has 2 N–H and O–H groups in total. The van der Waals surface area contributed by atoms with E-state index in [1.54, 1.807) is 0 Å². The molecule has 0 radical (unpaired) electrons. The van der Waals surface area contributed by atoms with Crippen molar-refractivity contribution < 1.29 is 4.74 Å². The van der Waals surface area contributed by atoms with Gasteiger partial charge in [0.25, 0.3) is 0 Å². The number of benzene rings is 1. The maximum Gasteiger partial charge on any atom is 0.0772 e. The number of halogens is 2. The molecule has 3 unspecified atom stereocenters. The van der Waals surface area contributed by atoms with E-state index in [0.29, 0.717) is 6.10 Å². The van der Waals surface area contributed by atoms with Crippen LogP contribution in [0.1, 0.15) is 36.9 Å². The Bertz CT molecular complexity index is 422. The zero-order valence-corrected chi connectivity index (χ0v) is 13.2. The molecule has 0 saturated carbocycles. The highest BCUT2D eigenvalue weighted by atomic mass is 79.9. The summed E-state index contributed by atoms with van der Waals surface area (Å²) in [5, 5.41) is 0. The number of hydrogen-bond donors (Lipinski definition) is 1. The molecular formula is C13H17Br2NO. The predicted molar refractivity (Wildman–Crippen MR) is 77.1 cm³/mol. The Morgan fingerprint density at radius 2 is 2.00 bits per heavy atom. The first-order valence-corrected chi connectivity index (χ1v) is 7.44. The summed E-state index contributed by atoms with van der Waals surface area (Å²) in [6.07, 6.45) is 2.61. The van der Waals surface area contributed by atoms with Gasteiger partial charge in [-0.2, -0.15) is 0 Å². The normalized spacial score (nSPS) is 26.2.